The van der Waals surface area contributed by atoms with Gasteiger partial charge in [-0.05, 0) is 31.0 Å². The highest BCUT2D eigenvalue weighted by atomic mass is 16.2. The van der Waals surface area contributed by atoms with E-state index in [4.69, 9.17) is 0 Å². The van der Waals surface area contributed by atoms with Crippen LogP contribution >= 0.6 is 0 Å². The third-order valence-electron chi connectivity index (χ3n) is 3.26. The van der Waals surface area contributed by atoms with E-state index in [0.29, 0.717) is 12.8 Å². The highest BCUT2D eigenvalue weighted by molar-refractivity contribution is 5.94. The molecule has 0 atom stereocenters. The molecule has 2 amide bonds. The van der Waals surface area contributed by atoms with Gasteiger partial charge in [0.15, 0.2) is 0 Å². The van der Waals surface area contributed by atoms with Crippen LogP contribution in [0.15, 0.2) is 54.6 Å². The molecule has 2 rings (SSSR count). The average molecular weight is 296 g/mol. The predicted molar refractivity (Wildman–Crippen MR) is 87.6 cm³/mol. The second-order valence-electron chi connectivity index (χ2n) is 5.18. The van der Waals surface area contributed by atoms with Crippen LogP contribution < -0.4 is 10.6 Å². The number of carbonyl (C=O) groups excluding carboxylic acids is 2. The lowest BCUT2D eigenvalue weighted by atomic mass is 10.1. The minimum atomic E-state index is -0.225. The molecule has 114 valence electrons. The van der Waals surface area contributed by atoms with Gasteiger partial charge in [0.05, 0.1) is 6.54 Å². The van der Waals surface area contributed by atoms with E-state index in [0.717, 1.165) is 16.8 Å². The minimum Gasteiger partial charge on any atom is -0.347 e. The molecule has 0 unspecified atom stereocenters. The molecule has 4 nitrogen and oxygen atoms in total. The van der Waals surface area contributed by atoms with Gasteiger partial charge in [-0.25, -0.2) is 0 Å². The van der Waals surface area contributed by atoms with E-state index in [1.54, 1.807) is 0 Å². The summed E-state index contributed by atoms with van der Waals surface area (Å²) < 4.78 is 0. The third kappa shape index (κ3) is 5.40. The first-order chi connectivity index (χ1) is 10.6. The number of amides is 2. The first kappa shape index (κ1) is 15.8. The molecule has 4 heteroatoms. The Bertz CT molecular complexity index is 621. The van der Waals surface area contributed by atoms with E-state index in [2.05, 4.69) is 10.6 Å². The Morgan fingerprint density at radius 2 is 1.59 bits per heavy atom. The maximum absolute atomic E-state index is 11.8. The lowest BCUT2D eigenvalue weighted by Crippen LogP contribution is -2.32. The van der Waals surface area contributed by atoms with E-state index in [1.165, 1.54) is 0 Å². The van der Waals surface area contributed by atoms with Gasteiger partial charge < -0.3 is 10.6 Å². The van der Waals surface area contributed by atoms with Crippen molar-refractivity contribution in [2.45, 2.75) is 19.8 Å². The maximum atomic E-state index is 11.8. The second kappa shape index (κ2) is 7.98. The van der Waals surface area contributed by atoms with Gasteiger partial charge in [0.1, 0.15) is 0 Å². The van der Waals surface area contributed by atoms with Crippen molar-refractivity contribution in [3.05, 3.63) is 65.7 Å². The summed E-state index contributed by atoms with van der Waals surface area (Å²) in [6.07, 6.45) is 1.05. The van der Waals surface area contributed by atoms with Crippen LogP contribution in [0.25, 0.3) is 0 Å². The van der Waals surface area contributed by atoms with Gasteiger partial charge in [-0.2, -0.15) is 0 Å². The number of aryl methyl sites for hydroxylation is 2. The molecule has 0 aliphatic rings. The van der Waals surface area contributed by atoms with Crippen LogP contribution in [-0.2, 0) is 16.0 Å². The molecule has 0 bridgehead atoms. The van der Waals surface area contributed by atoms with Crippen LogP contribution in [0.4, 0.5) is 5.69 Å². The van der Waals surface area contributed by atoms with Crippen molar-refractivity contribution in [2.24, 2.45) is 0 Å². The quantitative estimate of drug-likeness (QED) is 0.861. The summed E-state index contributed by atoms with van der Waals surface area (Å²) in [5.41, 5.74) is 2.98. The number of hydrogen-bond acceptors (Lipinski definition) is 2. The van der Waals surface area contributed by atoms with Crippen LogP contribution in [-0.4, -0.2) is 18.4 Å². The highest BCUT2D eigenvalue weighted by Gasteiger charge is 2.06. The normalized spacial score (nSPS) is 10.0. The highest BCUT2D eigenvalue weighted by Crippen LogP contribution is 2.08. The van der Waals surface area contributed by atoms with Crippen LogP contribution in [0, 0.1) is 6.92 Å². The van der Waals surface area contributed by atoms with Gasteiger partial charge in [0, 0.05) is 12.1 Å². The molecule has 0 aromatic heterocycles. The van der Waals surface area contributed by atoms with Crippen molar-refractivity contribution in [1.82, 2.24) is 5.32 Å². The number of benzene rings is 2. The zero-order valence-corrected chi connectivity index (χ0v) is 12.6. The van der Waals surface area contributed by atoms with Crippen molar-refractivity contribution in [3.63, 3.8) is 0 Å². The predicted octanol–water partition coefficient (Wildman–Crippen LogP) is 2.68. The van der Waals surface area contributed by atoms with Gasteiger partial charge in [0.2, 0.25) is 11.8 Å². The van der Waals surface area contributed by atoms with Crippen LogP contribution in [0.1, 0.15) is 17.5 Å². The molecule has 2 aromatic rings. The largest absolute Gasteiger partial charge is 0.347 e. The fourth-order valence-electron chi connectivity index (χ4n) is 2.01. The molecular weight excluding hydrogens is 276 g/mol. The number of hydrogen-bond donors (Lipinski definition) is 2. The van der Waals surface area contributed by atoms with Crippen LogP contribution in [0.2, 0.25) is 0 Å². The molecule has 0 radical (unpaired) electrons. The summed E-state index contributed by atoms with van der Waals surface area (Å²) in [5.74, 6) is -0.347. The van der Waals surface area contributed by atoms with E-state index in [1.807, 2.05) is 61.5 Å². The van der Waals surface area contributed by atoms with Crippen molar-refractivity contribution in [2.75, 3.05) is 11.9 Å². The van der Waals surface area contributed by atoms with Crippen molar-refractivity contribution in [1.29, 1.82) is 0 Å². The standard InChI is InChI=1S/C18H20N2O2/c1-14-7-10-16(11-8-14)20-18(22)13-19-17(21)12-9-15-5-3-2-4-6-15/h2-8,10-11H,9,12-13H2,1H3,(H,19,21)(H,20,22). The average Bonchev–Trinajstić information content (AvgIpc) is 2.54. The van der Waals surface area contributed by atoms with Gasteiger partial charge in [-0.15, -0.1) is 0 Å². The number of rotatable bonds is 6. The molecule has 2 aromatic carbocycles. The first-order valence-electron chi connectivity index (χ1n) is 7.30. The molecule has 0 saturated carbocycles. The molecule has 0 aliphatic carbocycles. The molecule has 0 heterocycles. The molecule has 0 aliphatic heterocycles. The van der Waals surface area contributed by atoms with Crippen molar-refractivity contribution < 1.29 is 9.59 Å². The molecular formula is C18H20N2O2. The Morgan fingerprint density at radius 3 is 2.27 bits per heavy atom. The molecule has 2 N–H and O–H groups in total. The summed E-state index contributed by atoms with van der Waals surface area (Å²) in [7, 11) is 0. The number of nitrogens with one attached hydrogen (secondary N) is 2. The fourth-order valence-corrected chi connectivity index (χ4v) is 2.01. The van der Waals surface area contributed by atoms with Gasteiger partial charge >= 0.3 is 0 Å². The van der Waals surface area contributed by atoms with Gasteiger partial charge in [0.25, 0.3) is 0 Å². The Balaban J connectivity index is 1.69. The molecule has 0 saturated heterocycles. The van der Waals surface area contributed by atoms with E-state index in [-0.39, 0.29) is 18.4 Å². The Morgan fingerprint density at radius 1 is 0.909 bits per heavy atom. The van der Waals surface area contributed by atoms with Gasteiger partial charge in [-0.1, -0.05) is 48.0 Å². The molecule has 22 heavy (non-hydrogen) atoms. The van der Waals surface area contributed by atoms with Crippen molar-refractivity contribution >= 4 is 17.5 Å². The minimum absolute atomic E-state index is 0.0124. The maximum Gasteiger partial charge on any atom is 0.243 e. The second-order valence-corrected chi connectivity index (χ2v) is 5.18. The lowest BCUT2D eigenvalue weighted by Gasteiger charge is -2.07. The van der Waals surface area contributed by atoms with Crippen molar-refractivity contribution in [3.8, 4) is 0 Å². The molecule has 0 fully saturated rings. The van der Waals surface area contributed by atoms with Crippen LogP contribution in [0.3, 0.4) is 0 Å². The zero-order valence-electron chi connectivity index (χ0n) is 12.6. The summed E-state index contributed by atoms with van der Waals surface area (Å²) >= 11 is 0. The summed E-state index contributed by atoms with van der Waals surface area (Å²) in [5, 5.41) is 5.38. The SMILES string of the molecule is Cc1ccc(NC(=O)CNC(=O)CCc2ccccc2)cc1. The Hall–Kier alpha value is -2.62. The summed E-state index contributed by atoms with van der Waals surface area (Å²) in [6, 6.07) is 17.3. The lowest BCUT2D eigenvalue weighted by molar-refractivity contribution is -0.124. The fraction of sp³-hybridized carbons (Fsp3) is 0.222. The third-order valence-corrected chi connectivity index (χ3v) is 3.26. The topological polar surface area (TPSA) is 58.2 Å². The van der Waals surface area contributed by atoms with E-state index in [9.17, 15) is 9.59 Å². The monoisotopic (exact) mass is 296 g/mol. The first-order valence-corrected chi connectivity index (χ1v) is 7.30. The zero-order chi connectivity index (χ0) is 15.8. The number of anilines is 1. The van der Waals surface area contributed by atoms with Gasteiger partial charge in [-0.3, -0.25) is 9.59 Å². The Kier molecular flexibility index (Phi) is 5.72. The van der Waals surface area contributed by atoms with E-state index < -0.39 is 0 Å². The summed E-state index contributed by atoms with van der Waals surface area (Å²) in [6.45, 7) is 1.97. The summed E-state index contributed by atoms with van der Waals surface area (Å²) in [4.78, 5) is 23.5. The van der Waals surface area contributed by atoms with Crippen LogP contribution in [0.5, 0.6) is 0 Å². The van der Waals surface area contributed by atoms with E-state index >= 15 is 0 Å². The molecule has 0 spiro atoms. The number of carbonyl (C=O) groups is 2. The Labute approximate surface area is 130 Å². The smallest absolute Gasteiger partial charge is 0.243 e.